The predicted molar refractivity (Wildman–Crippen MR) is 84.4 cm³/mol. The van der Waals surface area contributed by atoms with Crippen LogP contribution in [0.5, 0.6) is 5.75 Å². The van der Waals surface area contributed by atoms with Gasteiger partial charge in [-0.1, -0.05) is 32.4 Å². The molecule has 0 aliphatic heterocycles. The summed E-state index contributed by atoms with van der Waals surface area (Å²) in [4.78, 5) is 11.9. The second kappa shape index (κ2) is 8.67. The van der Waals surface area contributed by atoms with E-state index in [0.29, 0.717) is 6.61 Å². The van der Waals surface area contributed by atoms with Crippen molar-refractivity contribution in [3.63, 3.8) is 0 Å². The third kappa shape index (κ3) is 5.05. The first-order valence-corrected chi connectivity index (χ1v) is 7.60. The zero-order valence-corrected chi connectivity index (χ0v) is 13.7. The number of hydrogen-bond donors (Lipinski definition) is 1. The minimum Gasteiger partial charge on any atom is -0.494 e. The highest BCUT2D eigenvalue weighted by molar-refractivity contribution is 5.76. The van der Waals surface area contributed by atoms with E-state index in [1.165, 1.54) is 7.11 Å². The number of nitrogens with one attached hydrogen (secondary N) is 1. The molecule has 0 heterocycles. The fourth-order valence-electron chi connectivity index (χ4n) is 2.21. The number of hydrogen-bond acceptors (Lipinski definition) is 4. The number of benzene rings is 1. The first-order chi connectivity index (χ1) is 10.0. The molecule has 0 bridgehead atoms. The van der Waals surface area contributed by atoms with Crippen molar-refractivity contribution < 1.29 is 14.3 Å². The summed E-state index contributed by atoms with van der Waals surface area (Å²) in [5.74, 6) is 0.879. The molecule has 0 amide bonds. The number of methoxy groups -OCH3 is 1. The van der Waals surface area contributed by atoms with Crippen molar-refractivity contribution in [2.24, 2.45) is 5.92 Å². The maximum Gasteiger partial charge on any atom is 0.323 e. The normalized spacial score (nSPS) is 15.1. The van der Waals surface area contributed by atoms with Crippen LogP contribution in [0, 0.1) is 5.92 Å². The molecule has 0 aliphatic rings. The number of ether oxygens (including phenoxy) is 2. The third-order valence-corrected chi connectivity index (χ3v) is 3.79. The molecule has 0 spiro atoms. The minimum atomic E-state index is -0.290. The molecule has 0 saturated heterocycles. The van der Waals surface area contributed by atoms with Crippen LogP contribution in [-0.4, -0.2) is 25.7 Å². The molecule has 1 N–H and O–H groups in total. The predicted octanol–water partition coefficient (Wildman–Crippen LogP) is 3.32. The van der Waals surface area contributed by atoms with Crippen molar-refractivity contribution in [3.8, 4) is 5.75 Å². The Morgan fingerprint density at radius 2 is 1.81 bits per heavy atom. The molecule has 1 rings (SSSR count). The molecule has 0 aliphatic carbocycles. The summed E-state index contributed by atoms with van der Waals surface area (Å²) in [6.07, 6.45) is 0.919. The Balaban J connectivity index is 2.76. The van der Waals surface area contributed by atoms with Gasteiger partial charge in [-0.3, -0.25) is 10.1 Å². The first kappa shape index (κ1) is 17.5. The van der Waals surface area contributed by atoms with Crippen molar-refractivity contribution in [3.05, 3.63) is 29.8 Å². The summed E-state index contributed by atoms with van der Waals surface area (Å²) in [5, 5.41) is 3.37. The molecule has 118 valence electrons. The van der Waals surface area contributed by atoms with Crippen LogP contribution in [-0.2, 0) is 9.53 Å². The van der Waals surface area contributed by atoms with Crippen LogP contribution in [0.4, 0.5) is 0 Å². The second-order valence-corrected chi connectivity index (χ2v) is 5.28. The summed E-state index contributed by atoms with van der Waals surface area (Å²) in [6.45, 7) is 8.80. The standard InChI is InChI=1S/C17H27NO3/c1-6-12(3)16(17(19)20-5)18-13(4)14-8-10-15(11-9-14)21-7-2/h8-13,16,18H,6-7H2,1-5H3. The summed E-state index contributed by atoms with van der Waals surface area (Å²) in [6, 6.07) is 7.72. The van der Waals surface area contributed by atoms with Crippen LogP contribution < -0.4 is 10.1 Å². The average Bonchev–Trinajstić information content (AvgIpc) is 2.52. The third-order valence-electron chi connectivity index (χ3n) is 3.79. The van der Waals surface area contributed by atoms with E-state index in [1.54, 1.807) is 0 Å². The van der Waals surface area contributed by atoms with Gasteiger partial charge in [0.05, 0.1) is 13.7 Å². The van der Waals surface area contributed by atoms with E-state index in [1.807, 2.05) is 38.1 Å². The molecule has 0 fully saturated rings. The van der Waals surface area contributed by atoms with Crippen LogP contribution in [0.25, 0.3) is 0 Å². The van der Waals surface area contributed by atoms with Crippen LogP contribution in [0.3, 0.4) is 0 Å². The lowest BCUT2D eigenvalue weighted by molar-refractivity contribution is -0.144. The molecule has 1 aromatic carbocycles. The van der Waals surface area contributed by atoms with Crippen LogP contribution in [0.15, 0.2) is 24.3 Å². The van der Waals surface area contributed by atoms with Gasteiger partial charge in [-0.05, 0) is 37.5 Å². The highest BCUT2D eigenvalue weighted by Crippen LogP contribution is 2.20. The number of carbonyl (C=O) groups is 1. The van der Waals surface area contributed by atoms with E-state index < -0.39 is 0 Å². The maximum atomic E-state index is 11.9. The van der Waals surface area contributed by atoms with Gasteiger partial charge in [0, 0.05) is 6.04 Å². The molecule has 3 unspecified atom stereocenters. The number of esters is 1. The van der Waals surface area contributed by atoms with Gasteiger partial charge in [0.15, 0.2) is 0 Å². The molecular formula is C17H27NO3. The Morgan fingerprint density at radius 3 is 2.29 bits per heavy atom. The highest BCUT2D eigenvalue weighted by atomic mass is 16.5. The molecular weight excluding hydrogens is 266 g/mol. The Hall–Kier alpha value is -1.55. The second-order valence-electron chi connectivity index (χ2n) is 5.28. The van der Waals surface area contributed by atoms with Crippen molar-refractivity contribution >= 4 is 5.97 Å². The van der Waals surface area contributed by atoms with Crippen molar-refractivity contribution in [2.75, 3.05) is 13.7 Å². The molecule has 0 saturated carbocycles. The van der Waals surface area contributed by atoms with Gasteiger partial charge >= 0.3 is 5.97 Å². The van der Waals surface area contributed by atoms with Gasteiger partial charge in [-0.2, -0.15) is 0 Å². The molecule has 4 heteroatoms. The zero-order valence-electron chi connectivity index (χ0n) is 13.7. The summed E-state index contributed by atoms with van der Waals surface area (Å²) in [5.41, 5.74) is 1.12. The van der Waals surface area contributed by atoms with Crippen molar-refractivity contribution in [1.29, 1.82) is 0 Å². The van der Waals surface area contributed by atoms with Crippen LogP contribution >= 0.6 is 0 Å². The topological polar surface area (TPSA) is 47.6 Å². The number of carbonyl (C=O) groups excluding carboxylic acids is 1. The van der Waals surface area contributed by atoms with Gasteiger partial charge in [-0.25, -0.2) is 0 Å². The zero-order chi connectivity index (χ0) is 15.8. The SMILES string of the molecule is CCOc1ccc(C(C)NC(C(=O)OC)C(C)CC)cc1. The average molecular weight is 293 g/mol. The van der Waals surface area contributed by atoms with Gasteiger partial charge in [0.1, 0.15) is 11.8 Å². The first-order valence-electron chi connectivity index (χ1n) is 7.60. The molecule has 0 radical (unpaired) electrons. The van der Waals surface area contributed by atoms with Crippen LogP contribution in [0.2, 0.25) is 0 Å². The van der Waals surface area contributed by atoms with Gasteiger partial charge in [-0.15, -0.1) is 0 Å². The van der Waals surface area contributed by atoms with E-state index in [2.05, 4.69) is 19.2 Å². The molecule has 3 atom stereocenters. The summed E-state index contributed by atoms with van der Waals surface area (Å²) >= 11 is 0. The summed E-state index contributed by atoms with van der Waals surface area (Å²) < 4.78 is 10.3. The smallest absolute Gasteiger partial charge is 0.323 e. The monoisotopic (exact) mass is 293 g/mol. The quantitative estimate of drug-likeness (QED) is 0.747. The van der Waals surface area contributed by atoms with E-state index >= 15 is 0 Å². The Labute approximate surface area is 127 Å². The molecule has 21 heavy (non-hydrogen) atoms. The van der Waals surface area contributed by atoms with Crippen molar-refractivity contribution in [2.45, 2.75) is 46.2 Å². The van der Waals surface area contributed by atoms with E-state index in [0.717, 1.165) is 17.7 Å². The number of rotatable bonds is 8. The van der Waals surface area contributed by atoms with E-state index in [-0.39, 0.29) is 24.0 Å². The largest absolute Gasteiger partial charge is 0.494 e. The molecule has 4 nitrogen and oxygen atoms in total. The highest BCUT2D eigenvalue weighted by Gasteiger charge is 2.26. The van der Waals surface area contributed by atoms with E-state index in [9.17, 15) is 4.79 Å². The molecule has 0 aromatic heterocycles. The maximum absolute atomic E-state index is 11.9. The fraction of sp³-hybridized carbons (Fsp3) is 0.588. The lowest BCUT2D eigenvalue weighted by Crippen LogP contribution is -2.43. The van der Waals surface area contributed by atoms with Gasteiger partial charge < -0.3 is 9.47 Å². The Bertz CT molecular complexity index is 430. The summed E-state index contributed by atoms with van der Waals surface area (Å²) in [7, 11) is 1.43. The van der Waals surface area contributed by atoms with Crippen molar-refractivity contribution in [1.82, 2.24) is 5.32 Å². The van der Waals surface area contributed by atoms with Crippen LogP contribution in [0.1, 0.15) is 45.7 Å². The van der Waals surface area contributed by atoms with Gasteiger partial charge in [0.25, 0.3) is 0 Å². The lowest BCUT2D eigenvalue weighted by atomic mass is 9.97. The molecule has 1 aromatic rings. The Kier molecular flexibility index (Phi) is 7.23. The fourth-order valence-corrected chi connectivity index (χ4v) is 2.21. The Morgan fingerprint density at radius 1 is 1.19 bits per heavy atom. The minimum absolute atomic E-state index is 0.0683. The van der Waals surface area contributed by atoms with E-state index in [4.69, 9.17) is 9.47 Å². The van der Waals surface area contributed by atoms with Gasteiger partial charge in [0.2, 0.25) is 0 Å². The lowest BCUT2D eigenvalue weighted by Gasteiger charge is -2.26.